The summed E-state index contributed by atoms with van der Waals surface area (Å²) in [5, 5.41) is 9.07. The molecule has 2 rings (SSSR count). The van der Waals surface area contributed by atoms with Gasteiger partial charge < -0.3 is 16.6 Å². The molecule has 0 spiro atoms. The number of rotatable bonds is 2. The van der Waals surface area contributed by atoms with Gasteiger partial charge in [-0.15, -0.1) is 0 Å². The second kappa shape index (κ2) is 4.65. The highest BCUT2D eigenvalue weighted by atomic mass is 16.4. The van der Waals surface area contributed by atoms with Crippen LogP contribution in [0, 0.1) is 13.8 Å². The van der Waals surface area contributed by atoms with Crippen molar-refractivity contribution in [2.45, 2.75) is 13.8 Å². The number of carbonyl (C=O) groups is 1. The molecule has 0 bridgehead atoms. The van der Waals surface area contributed by atoms with E-state index in [1.165, 1.54) is 0 Å². The van der Waals surface area contributed by atoms with Crippen LogP contribution in [-0.2, 0) is 0 Å². The molecular formula is C15H16N2O2. The van der Waals surface area contributed by atoms with Crippen LogP contribution in [0.2, 0.25) is 0 Å². The van der Waals surface area contributed by atoms with Gasteiger partial charge in [-0.3, -0.25) is 0 Å². The first-order valence-electron chi connectivity index (χ1n) is 5.90. The average molecular weight is 256 g/mol. The van der Waals surface area contributed by atoms with Gasteiger partial charge in [0.25, 0.3) is 0 Å². The first kappa shape index (κ1) is 13.0. The highest BCUT2D eigenvalue weighted by molar-refractivity contribution is 5.94. The number of hydrogen-bond acceptors (Lipinski definition) is 3. The number of anilines is 2. The lowest BCUT2D eigenvalue weighted by atomic mass is 9.94. The maximum absolute atomic E-state index is 11.1. The van der Waals surface area contributed by atoms with Gasteiger partial charge in [-0.2, -0.15) is 0 Å². The lowest BCUT2D eigenvalue weighted by Crippen LogP contribution is -2.04. The van der Waals surface area contributed by atoms with Crippen LogP contribution in [0.4, 0.5) is 11.4 Å². The number of carboxylic acids is 1. The molecule has 0 aliphatic rings. The Bertz CT molecular complexity index is 663. The zero-order chi connectivity index (χ0) is 14.2. The highest BCUT2D eigenvalue weighted by Crippen LogP contribution is 2.33. The number of nitrogens with two attached hydrogens (primary N) is 2. The Hall–Kier alpha value is -2.49. The van der Waals surface area contributed by atoms with Crippen molar-refractivity contribution in [2.24, 2.45) is 0 Å². The first-order valence-corrected chi connectivity index (χ1v) is 5.90. The van der Waals surface area contributed by atoms with E-state index in [4.69, 9.17) is 16.6 Å². The van der Waals surface area contributed by atoms with Gasteiger partial charge in [-0.1, -0.05) is 12.1 Å². The van der Waals surface area contributed by atoms with E-state index in [9.17, 15) is 4.79 Å². The standard InChI is InChI=1S/C15H16N2O2/c1-8-7-10(16)3-4-11(8)13-6-5-12(15(18)19)9(2)14(13)17/h3-7H,16-17H2,1-2H3,(H,18,19). The molecule has 0 aromatic heterocycles. The SMILES string of the molecule is Cc1cc(N)ccc1-c1ccc(C(=O)O)c(C)c1N. The van der Waals surface area contributed by atoms with Gasteiger partial charge in [0.05, 0.1) is 5.56 Å². The van der Waals surface area contributed by atoms with Crippen LogP contribution in [0.3, 0.4) is 0 Å². The molecule has 0 fully saturated rings. The third kappa shape index (κ3) is 2.25. The number of aromatic carboxylic acids is 1. The summed E-state index contributed by atoms with van der Waals surface area (Å²) in [5.74, 6) is -0.968. The first-order chi connectivity index (χ1) is 8.91. The Morgan fingerprint density at radius 2 is 1.68 bits per heavy atom. The molecule has 0 aliphatic carbocycles. The average Bonchev–Trinajstić information content (AvgIpc) is 2.33. The van der Waals surface area contributed by atoms with Crippen molar-refractivity contribution in [1.29, 1.82) is 0 Å². The van der Waals surface area contributed by atoms with E-state index in [0.717, 1.165) is 16.7 Å². The maximum atomic E-state index is 11.1. The largest absolute Gasteiger partial charge is 0.478 e. The molecule has 4 heteroatoms. The summed E-state index contributed by atoms with van der Waals surface area (Å²) >= 11 is 0. The topological polar surface area (TPSA) is 89.3 Å². The lowest BCUT2D eigenvalue weighted by molar-refractivity contribution is 0.0696. The van der Waals surface area contributed by atoms with E-state index in [1.807, 2.05) is 25.1 Å². The number of aryl methyl sites for hydroxylation is 1. The number of nitrogen functional groups attached to an aromatic ring is 2. The minimum Gasteiger partial charge on any atom is -0.478 e. The summed E-state index contributed by atoms with van der Waals surface area (Å²) in [7, 11) is 0. The molecule has 0 unspecified atom stereocenters. The molecule has 5 N–H and O–H groups in total. The molecule has 0 aliphatic heterocycles. The molecular weight excluding hydrogens is 240 g/mol. The van der Waals surface area contributed by atoms with Gasteiger partial charge in [0.2, 0.25) is 0 Å². The predicted molar refractivity (Wildman–Crippen MR) is 77.1 cm³/mol. The molecule has 19 heavy (non-hydrogen) atoms. The van der Waals surface area contributed by atoms with Crippen molar-refractivity contribution < 1.29 is 9.90 Å². The van der Waals surface area contributed by atoms with Crippen molar-refractivity contribution in [2.75, 3.05) is 11.5 Å². The second-order valence-corrected chi connectivity index (χ2v) is 4.58. The summed E-state index contributed by atoms with van der Waals surface area (Å²) in [5.41, 5.74) is 16.6. The van der Waals surface area contributed by atoms with Crippen molar-refractivity contribution in [3.63, 3.8) is 0 Å². The molecule has 0 saturated heterocycles. The number of hydrogen-bond donors (Lipinski definition) is 3. The molecule has 2 aromatic carbocycles. The van der Waals surface area contributed by atoms with Crippen LogP contribution < -0.4 is 11.5 Å². The molecule has 0 amide bonds. The summed E-state index contributed by atoms with van der Waals surface area (Å²) in [6, 6.07) is 8.90. The summed E-state index contributed by atoms with van der Waals surface area (Å²) in [4.78, 5) is 11.1. The van der Waals surface area contributed by atoms with Gasteiger partial charge in [-0.25, -0.2) is 4.79 Å². The highest BCUT2D eigenvalue weighted by Gasteiger charge is 2.14. The Morgan fingerprint density at radius 3 is 2.26 bits per heavy atom. The fourth-order valence-corrected chi connectivity index (χ4v) is 2.18. The summed E-state index contributed by atoms with van der Waals surface area (Å²) in [6.45, 7) is 3.67. The van der Waals surface area contributed by atoms with Crippen LogP contribution in [0.15, 0.2) is 30.3 Å². The lowest BCUT2D eigenvalue weighted by Gasteiger charge is -2.13. The zero-order valence-electron chi connectivity index (χ0n) is 10.9. The van der Waals surface area contributed by atoms with Crippen LogP contribution in [0.25, 0.3) is 11.1 Å². The summed E-state index contributed by atoms with van der Waals surface area (Å²) in [6.07, 6.45) is 0. The molecule has 98 valence electrons. The van der Waals surface area contributed by atoms with Crippen molar-refractivity contribution >= 4 is 17.3 Å². The molecule has 0 heterocycles. The fraction of sp³-hybridized carbons (Fsp3) is 0.133. The van der Waals surface area contributed by atoms with Crippen molar-refractivity contribution in [3.8, 4) is 11.1 Å². The number of carboxylic acid groups (broad SMARTS) is 1. The van der Waals surface area contributed by atoms with E-state index in [2.05, 4.69) is 0 Å². The van der Waals surface area contributed by atoms with Gasteiger partial charge in [0.1, 0.15) is 0 Å². The maximum Gasteiger partial charge on any atom is 0.336 e. The van der Waals surface area contributed by atoms with Crippen molar-refractivity contribution in [3.05, 3.63) is 47.0 Å². The Balaban J connectivity index is 2.64. The van der Waals surface area contributed by atoms with E-state index in [-0.39, 0.29) is 5.56 Å². The molecule has 0 atom stereocenters. The fourth-order valence-electron chi connectivity index (χ4n) is 2.18. The number of benzene rings is 2. The Morgan fingerprint density at radius 1 is 1.05 bits per heavy atom. The van der Waals surface area contributed by atoms with Crippen LogP contribution in [-0.4, -0.2) is 11.1 Å². The molecule has 0 saturated carbocycles. The minimum atomic E-state index is -0.968. The third-order valence-electron chi connectivity index (χ3n) is 3.29. The van der Waals surface area contributed by atoms with E-state index in [1.54, 1.807) is 19.1 Å². The van der Waals surface area contributed by atoms with Gasteiger partial charge >= 0.3 is 5.97 Å². The molecule has 0 radical (unpaired) electrons. The van der Waals surface area contributed by atoms with Crippen LogP contribution in [0.1, 0.15) is 21.5 Å². The second-order valence-electron chi connectivity index (χ2n) is 4.58. The van der Waals surface area contributed by atoms with Gasteiger partial charge in [0, 0.05) is 16.9 Å². The quantitative estimate of drug-likeness (QED) is 0.721. The summed E-state index contributed by atoms with van der Waals surface area (Å²) < 4.78 is 0. The van der Waals surface area contributed by atoms with E-state index in [0.29, 0.717) is 16.9 Å². The van der Waals surface area contributed by atoms with E-state index < -0.39 is 5.97 Å². The molecule has 4 nitrogen and oxygen atoms in total. The Labute approximate surface area is 111 Å². The Kier molecular flexibility index (Phi) is 3.17. The predicted octanol–water partition coefficient (Wildman–Crippen LogP) is 2.83. The monoisotopic (exact) mass is 256 g/mol. The van der Waals surface area contributed by atoms with Gasteiger partial charge in [0.15, 0.2) is 0 Å². The minimum absolute atomic E-state index is 0.231. The van der Waals surface area contributed by atoms with Gasteiger partial charge in [-0.05, 0) is 48.7 Å². The third-order valence-corrected chi connectivity index (χ3v) is 3.29. The van der Waals surface area contributed by atoms with Crippen LogP contribution in [0.5, 0.6) is 0 Å². The normalized spacial score (nSPS) is 10.4. The smallest absolute Gasteiger partial charge is 0.336 e. The van der Waals surface area contributed by atoms with E-state index >= 15 is 0 Å². The van der Waals surface area contributed by atoms with Crippen molar-refractivity contribution in [1.82, 2.24) is 0 Å². The zero-order valence-corrected chi connectivity index (χ0v) is 10.9. The molecule has 2 aromatic rings. The van der Waals surface area contributed by atoms with Crippen LogP contribution >= 0.6 is 0 Å².